The van der Waals surface area contributed by atoms with Crippen molar-refractivity contribution >= 4 is 23.3 Å². The van der Waals surface area contributed by atoms with E-state index in [-0.39, 0.29) is 29.9 Å². The molecule has 2 fully saturated rings. The van der Waals surface area contributed by atoms with Crippen LogP contribution in [0.2, 0.25) is 0 Å². The summed E-state index contributed by atoms with van der Waals surface area (Å²) in [5, 5.41) is 3.50. The Morgan fingerprint density at radius 2 is 1.82 bits per heavy atom. The second-order valence-corrected chi connectivity index (χ2v) is 13.1. The number of carbonyl (C=O) groups excluding carboxylic acids is 2. The number of morpholine rings is 1. The lowest BCUT2D eigenvalue weighted by molar-refractivity contribution is -0.145. The summed E-state index contributed by atoms with van der Waals surface area (Å²) in [7, 11) is 0. The van der Waals surface area contributed by atoms with E-state index in [1.54, 1.807) is 30.2 Å². The highest BCUT2D eigenvalue weighted by molar-refractivity contribution is 7.14. The van der Waals surface area contributed by atoms with E-state index in [1.165, 1.54) is 11.3 Å². The van der Waals surface area contributed by atoms with Gasteiger partial charge in [0.05, 0.1) is 18.7 Å². The molecule has 0 radical (unpaired) electrons. The van der Waals surface area contributed by atoms with Gasteiger partial charge in [-0.1, -0.05) is 0 Å². The van der Waals surface area contributed by atoms with Gasteiger partial charge in [0.2, 0.25) is 5.82 Å². The molecule has 3 aromatic rings. The molecule has 1 aliphatic heterocycles. The van der Waals surface area contributed by atoms with Crippen LogP contribution < -0.4 is 10.1 Å². The summed E-state index contributed by atoms with van der Waals surface area (Å²) in [5.41, 5.74) is 0.642. The highest BCUT2D eigenvalue weighted by Crippen LogP contribution is 2.36. The third-order valence-electron chi connectivity index (χ3n) is 7.26. The summed E-state index contributed by atoms with van der Waals surface area (Å²) in [6.07, 6.45) is -0.673. The Hall–Kier alpha value is -3.78. The summed E-state index contributed by atoms with van der Waals surface area (Å²) in [6, 6.07) is 4.23. The van der Waals surface area contributed by atoms with Crippen LogP contribution in [-0.2, 0) is 15.7 Å². The molecule has 1 saturated carbocycles. The number of hydrogen-bond acceptors (Lipinski definition) is 9. The van der Waals surface area contributed by atoms with Gasteiger partial charge in [-0.15, -0.1) is 11.3 Å². The van der Waals surface area contributed by atoms with Crippen molar-refractivity contribution < 1.29 is 37.0 Å². The first kappa shape index (κ1) is 31.6. The monoisotopic (exact) mass is 633 g/mol. The Morgan fingerprint density at radius 3 is 2.45 bits per heavy atom. The predicted octanol–water partition coefficient (Wildman–Crippen LogP) is 5.96. The van der Waals surface area contributed by atoms with Gasteiger partial charge in [-0.25, -0.2) is 19.7 Å². The molecule has 3 heterocycles. The number of aryl methyl sites for hydroxylation is 1. The second kappa shape index (κ2) is 12.3. The summed E-state index contributed by atoms with van der Waals surface area (Å²) in [5.74, 6) is -1.29. The molecule has 14 heteroatoms. The van der Waals surface area contributed by atoms with E-state index in [9.17, 15) is 22.8 Å². The molecule has 1 unspecified atom stereocenters. The summed E-state index contributed by atoms with van der Waals surface area (Å²) >= 11 is 1.46. The fourth-order valence-corrected chi connectivity index (χ4v) is 6.00. The topological polar surface area (TPSA) is 116 Å². The molecular formula is C30H34F3N5O5S. The smallest absolute Gasteiger partial charge is 0.451 e. The zero-order valence-corrected chi connectivity index (χ0v) is 25.8. The van der Waals surface area contributed by atoms with Gasteiger partial charge in [0.25, 0.3) is 5.91 Å². The molecule has 0 bridgehead atoms. The van der Waals surface area contributed by atoms with Crippen LogP contribution in [0.3, 0.4) is 0 Å². The average molecular weight is 634 g/mol. The van der Waals surface area contributed by atoms with Crippen LogP contribution in [0.15, 0.2) is 36.8 Å². The van der Waals surface area contributed by atoms with Crippen LogP contribution in [0.1, 0.15) is 73.2 Å². The van der Waals surface area contributed by atoms with Crippen molar-refractivity contribution in [1.82, 2.24) is 25.2 Å². The first-order chi connectivity index (χ1) is 20.7. The molecule has 44 heavy (non-hydrogen) atoms. The normalized spacial score (nSPS) is 21.0. The van der Waals surface area contributed by atoms with Crippen LogP contribution in [0, 0.1) is 6.92 Å². The number of hydrogen-bond donors (Lipinski definition) is 1. The maximum Gasteiger partial charge on any atom is 0.451 e. The lowest BCUT2D eigenvalue weighted by Crippen LogP contribution is -2.55. The molecule has 1 aliphatic carbocycles. The number of thiazole rings is 1. The highest BCUT2D eigenvalue weighted by Gasteiger charge is 2.47. The average Bonchev–Trinajstić information content (AvgIpc) is 3.57. The number of halogens is 3. The third-order valence-corrected chi connectivity index (χ3v) is 8.22. The Morgan fingerprint density at radius 1 is 1.09 bits per heavy atom. The van der Waals surface area contributed by atoms with Crippen molar-refractivity contribution in [3.05, 3.63) is 58.6 Å². The van der Waals surface area contributed by atoms with Gasteiger partial charge >= 0.3 is 12.3 Å². The lowest BCUT2D eigenvalue weighted by atomic mass is 10.1. The minimum atomic E-state index is -4.66. The lowest BCUT2D eigenvalue weighted by Gasteiger charge is -2.39. The van der Waals surface area contributed by atoms with Crippen LogP contribution in [0.4, 0.5) is 18.0 Å². The number of nitrogens with one attached hydrogen (secondary N) is 1. The fourth-order valence-electron chi connectivity index (χ4n) is 5.25. The van der Waals surface area contributed by atoms with Crippen molar-refractivity contribution in [2.75, 3.05) is 13.2 Å². The number of ether oxygens (including phenoxy) is 3. The molecule has 1 saturated heterocycles. The summed E-state index contributed by atoms with van der Waals surface area (Å²) in [6.45, 7) is 9.81. The Bertz CT molecular complexity index is 1510. The van der Waals surface area contributed by atoms with Gasteiger partial charge in [0.15, 0.2) is 0 Å². The molecule has 5 rings (SSSR count). The molecule has 2 aliphatic rings. The standard InChI is InChI=1S/C30H34F3N5O5S/c1-16-13-34-26(44-16)19-10-18(25(39)37-17(2)20-14-35-27(36-15-20)30(31,32)33)11-21(12-19)42-23-7-6-22-24(23)41-9-8-38(22)28(40)43-29(3,4)5/h10-15,17,22-24H,6-9H2,1-5H3,(H,37,39)/t17?,22-,23-,24+/m0/s1. The van der Waals surface area contributed by atoms with Crippen molar-refractivity contribution in [3.8, 4) is 16.3 Å². The van der Waals surface area contributed by atoms with Gasteiger partial charge in [-0.2, -0.15) is 13.2 Å². The largest absolute Gasteiger partial charge is 0.488 e. The zero-order valence-electron chi connectivity index (χ0n) is 25.0. The number of amides is 2. The molecule has 0 spiro atoms. The van der Waals surface area contributed by atoms with E-state index < -0.39 is 29.6 Å². The molecule has 4 atom stereocenters. The molecular weight excluding hydrogens is 599 g/mol. The number of nitrogens with zero attached hydrogens (tertiary/aromatic N) is 4. The molecule has 10 nitrogen and oxygen atoms in total. The minimum absolute atomic E-state index is 0.206. The number of carbonyl (C=O) groups is 2. The Balaban J connectivity index is 1.36. The number of rotatable bonds is 6. The van der Waals surface area contributed by atoms with E-state index in [1.807, 2.05) is 33.8 Å². The van der Waals surface area contributed by atoms with E-state index in [0.717, 1.165) is 17.3 Å². The highest BCUT2D eigenvalue weighted by atomic mass is 32.1. The van der Waals surface area contributed by atoms with Crippen molar-refractivity contribution in [2.24, 2.45) is 0 Å². The maximum absolute atomic E-state index is 13.4. The quantitative estimate of drug-likeness (QED) is 0.354. The van der Waals surface area contributed by atoms with Crippen LogP contribution in [0.5, 0.6) is 5.75 Å². The Labute approximate surface area is 257 Å². The first-order valence-electron chi connectivity index (χ1n) is 14.2. The van der Waals surface area contributed by atoms with E-state index >= 15 is 0 Å². The van der Waals surface area contributed by atoms with Gasteiger partial charge in [-0.05, 0) is 65.7 Å². The van der Waals surface area contributed by atoms with Crippen LogP contribution in [0.25, 0.3) is 10.6 Å². The van der Waals surface area contributed by atoms with Crippen molar-refractivity contribution in [2.45, 2.75) is 83.5 Å². The number of aromatic nitrogens is 3. The van der Waals surface area contributed by atoms with E-state index in [2.05, 4.69) is 20.3 Å². The maximum atomic E-state index is 13.4. The molecule has 1 N–H and O–H groups in total. The molecule has 2 aromatic heterocycles. The number of fused-ring (bicyclic) bond motifs is 1. The third kappa shape index (κ3) is 7.29. The summed E-state index contributed by atoms with van der Waals surface area (Å²) in [4.78, 5) is 40.2. The van der Waals surface area contributed by atoms with Crippen molar-refractivity contribution in [3.63, 3.8) is 0 Å². The molecule has 2 amide bonds. The summed E-state index contributed by atoms with van der Waals surface area (Å²) < 4.78 is 56.8. The van der Waals surface area contributed by atoms with Gasteiger partial charge < -0.3 is 24.4 Å². The first-order valence-corrected chi connectivity index (χ1v) is 15.1. The predicted molar refractivity (Wildman–Crippen MR) is 155 cm³/mol. The second-order valence-electron chi connectivity index (χ2n) is 11.9. The van der Waals surface area contributed by atoms with Gasteiger partial charge in [0, 0.05) is 46.7 Å². The minimum Gasteiger partial charge on any atom is -0.488 e. The SMILES string of the molecule is Cc1cnc(-c2cc(O[C@H]3CC[C@H]4[C@H]3OCCN4C(=O)OC(C)(C)C)cc(C(=O)NC(C)c3cnc(C(F)(F)F)nc3)c2)s1. The number of benzene rings is 1. The van der Waals surface area contributed by atoms with Crippen molar-refractivity contribution in [1.29, 1.82) is 0 Å². The van der Waals surface area contributed by atoms with E-state index in [4.69, 9.17) is 14.2 Å². The number of alkyl halides is 3. The zero-order chi connectivity index (χ0) is 31.8. The van der Waals surface area contributed by atoms with Gasteiger partial charge in [0.1, 0.15) is 28.6 Å². The fraction of sp³-hybridized carbons (Fsp3) is 0.500. The molecule has 236 valence electrons. The Kier molecular flexibility index (Phi) is 8.85. The van der Waals surface area contributed by atoms with Gasteiger partial charge in [-0.3, -0.25) is 4.79 Å². The molecule has 1 aromatic carbocycles. The van der Waals surface area contributed by atoms with Crippen LogP contribution >= 0.6 is 11.3 Å². The van der Waals surface area contributed by atoms with Crippen LogP contribution in [-0.4, -0.2) is 68.9 Å². The van der Waals surface area contributed by atoms with E-state index in [0.29, 0.717) is 47.9 Å².